The standard InChI is InChI=1S/C43H46F2N8O6/c1-23(54)50-14-10-34-33(21-50)40(51-11-2-3-25-15-29(24-4-5-24)30(39(44)45)18-36(25)51)47-53(34)28-8-12-49(13-9-28)38(56)22-48-19-26-16-31-32(17-27(26)20-48)43(59)52(42(31)58)35-6-7-37(55)46-41(35)57/h15-18,24,28,35,39H,2-14,19-22H2,1H3,(H,46,55,57). The average Bonchev–Trinajstić information content (AvgIpc) is 3.83. The van der Waals surface area contributed by atoms with Gasteiger partial charge in [-0.15, -0.1) is 0 Å². The van der Waals surface area contributed by atoms with Crippen LogP contribution in [0.15, 0.2) is 24.3 Å². The minimum Gasteiger partial charge on any atom is -0.341 e. The van der Waals surface area contributed by atoms with Crippen molar-refractivity contribution in [1.29, 1.82) is 0 Å². The number of piperidine rings is 2. The number of nitrogens with zero attached hydrogens (tertiary/aromatic N) is 7. The SMILES string of the molecule is CC(=O)N1CCc2c(c(N3CCCc4cc(C5CC5)c(C(F)F)cc43)nn2C2CCN(C(=O)CN3Cc4cc5c(cc4C3)C(=O)N(C3CCC(=O)NC3=O)C5=O)CC2)C1. The number of amides is 6. The molecule has 308 valence electrons. The molecule has 1 N–H and O–H groups in total. The third-order valence-electron chi connectivity index (χ3n) is 13.5. The van der Waals surface area contributed by atoms with Gasteiger partial charge < -0.3 is 14.7 Å². The van der Waals surface area contributed by atoms with Gasteiger partial charge in [0.15, 0.2) is 5.82 Å². The molecule has 7 heterocycles. The normalized spacial score (nSPS) is 22.2. The van der Waals surface area contributed by atoms with Crippen LogP contribution in [-0.4, -0.2) is 104 Å². The van der Waals surface area contributed by atoms with Gasteiger partial charge in [0.1, 0.15) is 6.04 Å². The summed E-state index contributed by atoms with van der Waals surface area (Å²) < 4.78 is 31.0. The zero-order chi connectivity index (χ0) is 40.9. The molecule has 59 heavy (non-hydrogen) atoms. The van der Waals surface area contributed by atoms with Crippen LogP contribution in [0.1, 0.15) is 130 Å². The highest BCUT2D eigenvalue weighted by Crippen LogP contribution is 2.48. The molecule has 0 spiro atoms. The molecular formula is C43H46F2N8O6. The molecule has 1 aromatic heterocycles. The highest BCUT2D eigenvalue weighted by molar-refractivity contribution is 6.23. The van der Waals surface area contributed by atoms with Crippen LogP contribution in [0, 0.1) is 0 Å². The Kier molecular flexibility index (Phi) is 9.18. The van der Waals surface area contributed by atoms with Gasteiger partial charge in [0.25, 0.3) is 18.2 Å². The van der Waals surface area contributed by atoms with Crippen molar-refractivity contribution in [3.63, 3.8) is 0 Å². The van der Waals surface area contributed by atoms with Crippen LogP contribution in [0.25, 0.3) is 0 Å². The van der Waals surface area contributed by atoms with Crippen LogP contribution in [0.5, 0.6) is 0 Å². The highest BCUT2D eigenvalue weighted by Gasteiger charge is 2.46. The number of carbonyl (C=O) groups is 6. The van der Waals surface area contributed by atoms with Crippen molar-refractivity contribution >= 4 is 46.9 Å². The zero-order valence-corrected chi connectivity index (χ0v) is 33.0. The van der Waals surface area contributed by atoms with Gasteiger partial charge in [-0.1, -0.05) is 6.07 Å². The molecule has 1 aliphatic carbocycles. The number of aromatic nitrogens is 2. The molecule has 1 unspecified atom stereocenters. The van der Waals surface area contributed by atoms with Gasteiger partial charge in [-0.3, -0.25) is 48.6 Å². The topological polar surface area (TPSA) is 148 Å². The van der Waals surface area contributed by atoms with E-state index in [2.05, 4.69) is 14.9 Å². The van der Waals surface area contributed by atoms with Crippen molar-refractivity contribution in [3.05, 3.63) is 74.5 Å². The first-order valence-electron chi connectivity index (χ1n) is 20.9. The summed E-state index contributed by atoms with van der Waals surface area (Å²) in [4.78, 5) is 85.9. The number of benzene rings is 2. The summed E-state index contributed by atoms with van der Waals surface area (Å²) in [6.45, 7) is 5.31. The van der Waals surface area contributed by atoms with Crippen molar-refractivity contribution in [2.75, 3.05) is 37.6 Å². The Morgan fingerprint density at radius 1 is 0.814 bits per heavy atom. The second-order valence-corrected chi connectivity index (χ2v) is 17.2. The Morgan fingerprint density at radius 2 is 1.53 bits per heavy atom. The predicted molar refractivity (Wildman–Crippen MR) is 208 cm³/mol. The van der Waals surface area contributed by atoms with E-state index in [1.165, 1.54) is 0 Å². The Balaban J connectivity index is 0.826. The summed E-state index contributed by atoms with van der Waals surface area (Å²) in [6.07, 6.45) is 3.17. The Morgan fingerprint density at radius 3 is 2.17 bits per heavy atom. The van der Waals surface area contributed by atoms with Gasteiger partial charge in [0, 0.05) is 81.5 Å². The lowest BCUT2D eigenvalue weighted by Crippen LogP contribution is -2.54. The highest BCUT2D eigenvalue weighted by atomic mass is 19.3. The van der Waals surface area contributed by atoms with Crippen molar-refractivity contribution in [2.45, 2.75) is 109 Å². The van der Waals surface area contributed by atoms with Gasteiger partial charge in [0.05, 0.1) is 30.3 Å². The quantitative estimate of drug-likeness (QED) is 0.346. The largest absolute Gasteiger partial charge is 0.341 e. The number of halogens is 2. The van der Waals surface area contributed by atoms with E-state index in [0.717, 1.165) is 75.6 Å². The second-order valence-electron chi connectivity index (χ2n) is 17.2. The maximum absolute atomic E-state index is 14.4. The molecular weight excluding hydrogens is 763 g/mol. The van der Waals surface area contributed by atoms with Crippen LogP contribution in [-0.2, 0) is 51.7 Å². The van der Waals surface area contributed by atoms with E-state index in [9.17, 15) is 37.5 Å². The number of hydrogen-bond donors (Lipinski definition) is 1. The van der Waals surface area contributed by atoms with Crippen molar-refractivity contribution in [3.8, 4) is 0 Å². The first-order valence-corrected chi connectivity index (χ1v) is 20.9. The van der Waals surface area contributed by atoms with Gasteiger partial charge in [0.2, 0.25) is 23.6 Å². The number of fused-ring (bicyclic) bond motifs is 4. The van der Waals surface area contributed by atoms with E-state index in [1.807, 2.05) is 20.8 Å². The fraction of sp³-hybridized carbons (Fsp3) is 0.512. The third kappa shape index (κ3) is 6.50. The molecule has 2 saturated heterocycles. The molecule has 6 amide bonds. The fourth-order valence-electron chi connectivity index (χ4n) is 10.2. The van der Waals surface area contributed by atoms with Gasteiger partial charge in [-0.25, -0.2) is 8.78 Å². The van der Waals surface area contributed by atoms with E-state index < -0.39 is 36.1 Å². The molecule has 0 radical (unpaired) electrons. The van der Waals surface area contributed by atoms with Crippen LogP contribution in [0.4, 0.5) is 20.3 Å². The number of likely N-dealkylation sites (tertiary alicyclic amines) is 1. The van der Waals surface area contributed by atoms with Crippen molar-refractivity contribution in [2.24, 2.45) is 0 Å². The third-order valence-corrected chi connectivity index (χ3v) is 13.5. The molecule has 14 nitrogen and oxygen atoms in total. The smallest absolute Gasteiger partial charge is 0.264 e. The summed E-state index contributed by atoms with van der Waals surface area (Å²) >= 11 is 0. The summed E-state index contributed by atoms with van der Waals surface area (Å²) in [5.41, 5.74) is 6.95. The van der Waals surface area contributed by atoms with E-state index >= 15 is 0 Å². The first kappa shape index (κ1) is 37.7. The van der Waals surface area contributed by atoms with Crippen LogP contribution in [0.3, 0.4) is 0 Å². The Hall–Kier alpha value is -5.51. The molecule has 1 atom stereocenters. The van der Waals surface area contributed by atoms with Gasteiger partial charge in [-0.2, -0.15) is 5.10 Å². The summed E-state index contributed by atoms with van der Waals surface area (Å²) in [5, 5.41) is 7.47. The molecule has 3 aromatic rings. The monoisotopic (exact) mass is 808 g/mol. The molecule has 16 heteroatoms. The molecule has 7 aliphatic rings. The van der Waals surface area contributed by atoms with Crippen LogP contribution in [0.2, 0.25) is 0 Å². The molecule has 2 aromatic carbocycles. The lowest BCUT2D eigenvalue weighted by molar-refractivity contribution is -0.136. The number of imide groups is 2. The van der Waals surface area contributed by atoms with E-state index in [1.54, 1.807) is 25.1 Å². The number of alkyl halides is 2. The van der Waals surface area contributed by atoms with E-state index in [4.69, 9.17) is 5.10 Å². The lowest BCUT2D eigenvalue weighted by Gasteiger charge is -2.34. The number of anilines is 2. The molecule has 10 rings (SSSR count). The van der Waals surface area contributed by atoms with Crippen molar-refractivity contribution < 1.29 is 37.5 Å². The van der Waals surface area contributed by atoms with Crippen molar-refractivity contribution in [1.82, 2.24) is 34.7 Å². The number of carbonyl (C=O) groups excluding carboxylic acids is 6. The lowest BCUT2D eigenvalue weighted by atomic mass is 9.93. The van der Waals surface area contributed by atoms with Gasteiger partial charge >= 0.3 is 0 Å². The molecule has 0 bridgehead atoms. The number of hydrogen-bond acceptors (Lipinski definition) is 9. The Labute approximate surface area is 339 Å². The first-order chi connectivity index (χ1) is 28.4. The summed E-state index contributed by atoms with van der Waals surface area (Å²) in [7, 11) is 0. The second kappa shape index (κ2) is 14.3. The Bertz CT molecular complexity index is 2300. The average molecular weight is 809 g/mol. The van der Waals surface area contributed by atoms with E-state index in [0.29, 0.717) is 65.1 Å². The maximum Gasteiger partial charge on any atom is 0.264 e. The molecule has 3 fully saturated rings. The van der Waals surface area contributed by atoms with Crippen LogP contribution < -0.4 is 10.2 Å². The molecule has 6 aliphatic heterocycles. The summed E-state index contributed by atoms with van der Waals surface area (Å²) in [6, 6.07) is 6.10. The predicted octanol–water partition coefficient (Wildman–Crippen LogP) is 4.27. The minimum absolute atomic E-state index is 0.00871. The minimum atomic E-state index is -2.56. The van der Waals surface area contributed by atoms with Gasteiger partial charge in [-0.05, 0) is 91.3 Å². The summed E-state index contributed by atoms with van der Waals surface area (Å²) in [5.74, 6) is -1.26. The number of aryl methyl sites for hydroxylation is 1. The zero-order valence-electron chi connectivity index (χ0n) is 33.0. The number of rotatable bonds is 7. The maximum atomic E-state index is 14.4. The molecule has 1 saturated carbocycles. The van der Waals surface area contributed by atoms with E-state index in [-0.39, 0.29) is 59.9 Å². The van der Waals surface area contributed by atoms with Crippen LogP contribution >= 0.6 is 0 Å². The fourth-order valence-corrected chi connectivity index (χ4v) is 10.2. The number of nitrogens with one attached hydrogen (secondary N) is 1.